The molecule has 0 aliphatic carbocycles. The highest BCUT2D eigenvalue weighted by Crippen LogP contribution is 2.13. The molecular formula is C10H10N2O2. The van der Waals surface area contributed by atoms with E-state index < -0.39 is 5.97 Å². The van der Waals surface area contributed by atoms with E-state index >= 15 is 0 Å². The van der Waals surface area contributed by atoms with Gasteiger partial charge in [-0.25, -0.2) is 9.78 Å². The van der Waals surface area contributed by atoms with E-state index in [1.165, 1.54) is 0 Å². The fraction of sp³-hybridized carbons (Fsp3) is 0.200. The molecule has 0 aliphatic heterocycles. The van der Waals surface area contributed by atoms with Gasteiger partial charge < -0.3 is 9.51 Å². The van der Waals surface area contributed by atoms with E-state index in [1.807, 2.05) is 13.8 Å². The predicted molar refractivity (Wildman–Crippen MR) is 51.6 cm³/mol. The summed E-state index contributed by atoms with van der Waals surface area (Å²) < 4.78 is 1.79. The van der Waals surface area contributed by atoms with Crippen molar-refractivity contribution >= 4 is 11.6 Å². The summed E-state index contributed by atoms with van der Waals surface area (Å²) in [4.78, 5) is 15.0. The van der Waals surface area contributed by atoms with Crippen LogP contribution in [0.1, 0.15) is 21.6 Å². The zero-order valence-electron chi connectivity index (χ0n) is 7.98. The van der Waals surface area contributed by atoms with Crippen molar-refractivity contribution in [1.29, 1.82) is 0 Å². The van der Waals surface area contributed by atoms with Gasteiger partial charge in [0.2, 0.25) is 0 Å². The van der Waals surface area contributed by atoms with Crippen LogP contribution in [0, 0.1) is 13.8 Å². The van der Waals surface area contributed by atoms with Gasteiger partial charge in [0.05, 0.1) is 5.56 Å². The Morgan fingerprint density at radius 3 is 2.86 bits per heavy atom. The van der Waals surface area contributed by atoms with Gasteiger partial charge in [0.15, 0.2) is 0 Å². The average Bonchev–Trinajstić information content (AvgIpc) is 2.48. The van der Waals surface area contributed by atoms with Crippen molar-refractivity contribution in [3.8, 4) is 0 Å². The smallest absolute Gasteiger partial charge is 0.337 e. The Hall–Kier alpha value is -1.84. The first-order valence-electron chi connectivity index (χ1n) is 4.27. The van der Waals surface area contributed by atoms with Crippen LogP contribution in [0.2, 0.25) is 0 Å². The van der Waals surface area contributed by atoms with E-state index in [1.54, 1.807) is 22.9 Å². The molecule has 0 aromatic carbocycles. The summed E-state index contributed by atoms with van der Waals surface area (Å²) in [6.07, 6.45) is 3.32. The van der Waals surface area contributed by atoms with Crippen molar-refractivity contribution in [3.63, 3.8) is 0 Å². The first kappa shape index (κ1) is 8.74. The molecule has 0 atom stereocenters. The minimum atomic E-state index is -0.914. The summed E-state index contributed by atoms with van der Waals surface area (Å²) >= 11 is 0. The second-order valence-electron chi connectivity index (χ2n) is 3.31. The lowest BCUT2D eigenvalue weighted by Gasteiger charge is -2.02. The van der Waals surface area contributed by atoms with E-state index in [2.05, 4.69) is 4.98 Å². The van der Waals surface area contributed by atoms with E-state index in [0.29, 0.717) is 0 Å². The second kappa shape index (κ2) is 2.83. The number of carbonyl (C=O) groups is 1. The lowest BCUT2D eigenvalue weighted by Crippen LogP contribution is -2.01. The molecule has 4 heteroatoms. The number of aromatic nitrogens is 2. The summed E-state index contributed by atoms with van der Waals surface area (Å²) in [6, 6.07) is 1.63. The Morgan fingerprint density at radius 2 is 2.21 bits per heavy atom. The number of hydrogen-bond donors (Lipinski definition) is 1. The SMILES string of the molecule is Cc1cc(C(=O)O)cn2c(C)cnc12. The molecule has 2 aromatic heterocycles. The molecule has 0 unspecified atom stereocenters. The fourth-order valence-electron chi connectivity index (χ4n) is 1.49. The normalized spacial score (nSPS) is 10.7. The van der Waals surface area contributed by atoms with Crippen molar-refractivity contribution in [2.45, 2.75) is 13.8 Å². The van der Waals surface area contributed by atoms with Gasteiger partial charge in [-0.1, -0.05) is 0 Å². The molecule has 0 saturated heterocycles. The molecule has 0 radical (unpaired) electrons. The van der Waals surface area contributed by atoms with Crippen LogP contribution < -0.4 is 0 Å². The van der Waals surface area contributed by atoms with Crippen LogP contribution in [-0.2, 0) is 0 Å². The van der Waals surface area contributed by atoms with Gasteiger partial charge >= 0.3 is 5.97 Å². The zero-order valence-corrected chi connectivity index (χ0v) is 7.98. The Kier molecular flexibility index (Phi) is 1.77. The minimum absolute atomic E-state index is 0.288. The number of imidazole rings is 1. The van der Waals surface area contributed by atoms with Crippen LogP contribution in [0.15, 0.2) is 18.5 Å². The lowest BCUT2D eigenvalue weighted by molar-refractivity contribution is 0.0696. The number of carboxylic acids is 1. The van der Waals surface area contributed by atoms with Gasteiger partial charge in [0.1, 0.15) is 5.65 Å². The molecule has 2 heterocycles. The molecule has 0 amide bonds. The molecule has 0 bridgehead atoms. The molecular weight excluding hydrogens is 180 g/mol. The van der Waals surface area contributed by atoms with E-state index in [9.17, 15) is 4.79 Å². The number of nitrogens with zero attached hydrogens (tertiary/aromatic N) is 2. The summed E-state index contributed by atoms with van der Waals surface area (Å²) in [5.74, 6) is -0.914. The van der Waals surface area contributed by atoms with Gasteiger partial charge in [0, 0.05) is 18.1 Å². The van der Waals surface area contributed by atoms with E-state index in [0.717, 1.165) is 16.9 Å². The maximum absolute atomic E-state index is 10.8. The Labute approximate surface area is 80.8 Å². The summed E-state index contributed by atoms with van der Waals surface area (Å²) in [5, 5.41) is 8.86. The van der Waals surface area contributed by atoms with Gasteiger partial charge in [-0.05, 0) is 25.5 Å². The van der Waals surface area contributed by atoms with Crippen molar-refractivity contribution in [3.05, 3.63) is 35.3 Å². The highest BCUT2D eigenvalue weighted by Gasteiger charge is 2.08. The zero-order chi connectivity index (χ0) is 10.3. The third-order valence-corrected chi connectivity index (χ3v) is 2.22. The van der Waals surface area contributed by atoms with Gasteiger partial charge in [-0.3, -0.25) is 0 Å². The largest absolute Gasteiger partial charge is 0.478 e. The molecule has 0 fully saturated rings. The maximum atomic E-state index is 10.8. The predicted octanol–water partition coefficient (Wildman–Crippen LogP) is 1.65. The quantitative estimate of drug-likeness (QED) is 0.743. The number of fused-ring (bicyclic) bond motifs is 1. The molecule has 0 aliphatic rings. The molecule has 2 aromatic rings. The van der Waals surface area contributed by atoms with Crippen LogP contribution in [0.4, 0.5) is 0 Å². The standard InChI is InChI=1S/C10H10N2O2/c1-6-3-8(10(13)14)5-12-7(2)4-11-9(6)12/h3-5H,1-2H3,(H,13,14). The van der Waals surface area contributed by atoms with E-state index in [-0.39, 0.29) is 5.56 Å². The third kappa shape index (κ3) is 1.16. The highest BCUT2D eigenvalue weighted by atomic mass is 16.4. The molecule has 1 N–H and O–H groups in total. The molecule has 4 nitrogen and oxygen atoms in total. The highest BCUT2D eigenvalue weighted by molar-refractivity contribution is 5.88. The van der Waals surface area contributed by atoms with Crippen LogP contribution in [-0.4, -0.2) is 20.5 Å². The van der Waals surface area contributed by atoms with Gasteiger partial charge in [-0.2, -0.15) is 0 Å². The third-order valence-electron chi connectivity index (χ3n) is 2.22. The topological polar surface area (TPSA) is 54.6 Å². The molecule has 14 heavy (non-hydrogen) atoms. The van der Waals surface area contributed by atoms with Crippen LogP contribution in [0.3, 0.4) is 0 Å². The van der Waals surface area contributed by atoms with Crippen molar-refractivity contribution in [1.82, 2.24) is 9.38 Å². The first-order valence-corrected chi connectivity index (χ1v) is 4.27. The maximum Gasteiger partial charge on any atom is 0.337 e. The Bertz CT molecular complexity index is 514. The molecule has 72 valence electrons. The summed E-state index contributed by atoms with van der Waals surface area (Å²) in [6.45, 7) is 3.75. The summed E-state index contributed by atoms with van der Waals surface area (Å²) in [7, 11) is 0. The second-order valence-corrected chi connectivity index (χ2v) is 3.31. The van der Waals surface area contributed by atoms with E-state index in [4.69, 9.17) is 5.11 Å². The molecule has 0 saturated carbocycles. The summed E-state index contributed by atoms with van der Waals surface area (Å²) in [5.41, 5.74) is 2.91. The fourth-order valence-corrected chi connectivity index (χ4v) is 1.49. The lowest BCUT2D eigenvalue weighted by atomic mass is 10.2. The first-order chi connectivity index (χ1) is 6.59. The monoisotopic (exact) mass is 190 g/mol. The molecule has 2 rings (SSSR count). The van der Waals surface area contributed by atoms with Gasteiger partial charge in [-0.15, -0.1) is 0 Å². The van der Waals surface area contributed by atoms with Crippen molar-refractivity contribution in [2.75, 3.05) is 0 Å². The number of carboxylic acid groups (broad SMARTS) is 1. The van der Waals surface area contributed by atoms with Crippen LogP contribution in [0.25, 0.3) is 5.65 Å². The average molecular weight is 190 g/mol. The molecule has 0 spiro atoms. The number of rotatable bonds is 1. The number of aromatic carboxylic acids is 1. The Balaban J connectivity index is 2.82. The number of aryl methyl sites for hydroxylation is 2. The number of pyridine rings is 1. The number of hydrogen-bond acceptors (Lipinski definition) is 2. The van der Waals surface area contributed by atoms with Crippen molar-refractivity contribution in [2.24, 2.45) is 0 Å². The van der Waals surface area contributed by atoms with Crippen LogP contribution in [0.5, 0.6) is 0 Å². The Morgan fingerprint density at radius 1 is 1.50 bits per heavy atom. The minimum Gasteiger partial charge on any atom is -0.478 e. The van der Waals surface area contributed by atoms with Crippen LogP contribution >= 0.6 is 0 Å². The van der Waals surface area contributed by atoms with Crippen molar-refractivity contribution < 1.29 is 9.90 Å². The van der Waals surface area contributed by atoms with Gasteiger partial charge in [0.25, 0.3) is 0 Å².